The van der Waals surface area contributed by atoms with Crippen LogP contribution in [0.15, 0.2) is 24.3 Å². The van der Waals surface area contributed by atoms with Crippen molar-refractivity contribution in [2.45, 2.75) is 19.4 Å². The van der Waals surface area contributed by atoms with E-state index in [-0.39, 0.29) is 5.91 Å². The molecule has 15 heavy (non-hydrogen) atoms. The van der Waals surface area contributed by atoms with Gasteiger partial charge < -0.3 is 10.6 Å². The second-order valence-electron chi connectivity index (χ2n) is 3.84. The minimum Gasteiger partial charge on any atom is -0.341 e. The highest BCUT2D eigenvalue weighted by Crippen LogP contribution is 2.22. The standard InChI is InChI=1S/C12H16N2O/c1-2-14-8-7-9-5-3-4-6-10(9)11(13)12(14)15/h3-6,11H,2,7-8,13H2,1H3/t11-/m1/s1. The molecule has 2 N–H and O–H groups in total. The van der Waals surface area contributed by atoms with Crippen molar-refractivity contribution in [2.75, 3.05) is 13.1 Å². The Balaban J connectivity index is 2.39. The summed E-state index contributed by atoms with van der Waals surface area (Å²) in [6.07, 6.45) is 0.906. The molecule has 0 spiro atoms. The first-order valence-electron chi connectivity index (χ1n) is 5.36. The van der Waals surface area contributed by atoms with Gasteiger partial charge in [-0.15, -0.1) is 0 Å². The number of nitrogens with zero attached hydrogens (tertiary/aromatic N) is 1. The molecular formula is C12H16N2O. The Morgan fingerprint density at radius 2 is 2.20 bits per heavy atom. The fourth-order valence-electron chi connectivity index (χ4n) is 2.07. The third-order valence-corrected chi connectivity index (χ3v) is 3.00. The molecule has 1 aromatic carbocycles. The number of likely N-dealkylation sites (N-methyl/N-ethyl adjacent to an activating group) is 1. The highest BCUT2D eigenvalue weighted by molar-refractivity contribution is 5.84. The van der Waals surface area contributed by atoms with Crippen LogP contribution in [0.4, 0.5) is 0 Å². The van der Waals surface area contributed by atoms with Gasteiger partial charge in [0.25, 0.3) is 0 Å². The maximum absolute atomic E-state index is 11.9. The number of fused-ring (bicyclic) bond motifs is 1. The average Bonchev–Trinajstić information content (AvgIpc) is 2.39. The van der Waals surface area contributed by atoms with Crippen LogP contribution in [0.3, 0.4) is 0 Å². The molecule has 0 saturated heterocycles. The number of benzene rings is 1. The lowest BCUT2D eigenvalue weighted by molar-refractivity contribution is -0.132. The normalized spacial score (nSPS) is 21.1. The Morgan fingerprint density at radius 3 is 2.93 bits per heavy atom. The molecule has 0 aromatic heterocycles. The molecule has 0 radical (unpaired) electrons. The average molecular weight is 204 g/mol. The van der Waals surface area contributed by atoms with E-state index in [1.54, 1.807) is 0 Å². The van der Waals surface area contributed by atoms with Crippen molar-refractivity contribution in [3.05, 3.63) is 35.4 Å². The summed E-state index contributed by atoms with van der Waals surface area (Å²) in [7, 11) is 0. The number of hydrogen-bond acceptors (Lipinski definition) is 2. The van der Waals surface area contributed by atoms with Gasteiger partial charge in [0.1, 0.15) is 6.04 Å². The lowest BCUT2D eigenvalue weighted by atomic mass is 10.00. The zero-order chi connectivity index (χ0) is 10.8. The van der Waals surface area contributed by atoms with E-state index in [0.717, 1.165) is 25.1 Å². The van der Waals surface area contributed by atoms with Gasteiger partial charge in [0.15, 0.2) is 0 Å². The van der Waals surface area contributed by atoms with Crippen molar-refractivity contribution in [3.63, 3.8) is 0 Å². The Morgan fingerprint density at radius 1 is 1.47 bits per heavy atom. The van der Waals surface area contributed by atoms with Crippen LogP contribution in [0.1, 0.15) is 24.1 Å². The van der Waals surface area contributed by atoms with Gasteiger partial charge in [-0.2, -0.15) is 0 Å². The van der Waals surface area contributed by atoms with Crippen molar-refractivity contribution in [2.24, 2.45) is 5.73 Å². The number of nitrogens with two attached hydrogens (primary N) is 1. The van der Waals surface area contributed by atoms with Crippen LogP contribution in [0, 0.1) is 0 Å². The van der Waals surface area contributed by atoms with Crippen LogP contribution < -0.4 is 5.73 Å². The molecule has 0 saturated carbocycles. The predicted molar refractivity (Wildman–Crippen MR) is 59.3 cm³/mol. The van der Waals surface area contributed by atoms with Crippen LogP contribution >= 0.6 is 0 Å². The SMILES string of the molecule is CCN1CCc2ccccc2[C@@H](N)C1=O. The fourth-order valence-corrected chi connectivity index (χ4v) is 2.07. The molecule has 1 amide bonds. The minimum atomic E-state index is -0.483. The summed E-state index contributed by atoms with van der Waals surface area (Å²) in [5.41, 5.74) is 8.15. The smallest absolute Gasteiger partial charge is 0.244 e. The van der Waals surface area contributed by atoms with Gasteiger partial charge in [0.05, 0.1) is 0 Å². The summed E-state index contributed by atoms with van der Waals surface area (Å²) in [5, 5.41) is 0. The van der Waals surface area contributed by atoms with Gasteiger partial charge in [-0.3, -0.25) is 4.79 Å². The van der Waals surface area contributed by atoms with Crippen molar-refractivity contribution in [3.8, 4) is 0 Å². The summed E-state index contributed by atoms with van der Waals surface area (Å²) in [6.45, 7) is 3.50. The van der Waals surface area contributed by atoms with Gasteiger partial charge in [-0.25, -0.2) is 0 Å². The molecular weight excluding hydrogens is 188 g/mol. The first-order valence-corrected chi connectivity index (χ1v) is 5.36. The molecule has 3 nitrogen and oxygen atoms in total. The lowest BCUT2D eigenvalue weighted by Gasteiger charge is -2.20. The van der Waals surface area contributed by atoms with Crippen LogP contribution in [0.5, 0.6) is 0 Å². The van der Waals surface area contributed by atoms with E-state index < -0.39 is 6.04 Å². The van der Waals surface area contributed by atoms with E-state index in [1.165, 1.54) is 5.56 Å². The largest absolute Gasteiger partial charge is 0.341 e. The second-order valence-corrected chi connectivity index (χ2v) is 3.84. The summed E-state index contributed by atoms with van der Waals surface area (Å²) in [5.74, 6) is 0.0439. The molecule has 80 valence electrons. The molecule has 0 unspecified atom stereocenters. The third-order valence-electron chi connectivity index (χ3n) is 3.00. The molecule has 1 aliphatic rings. The minimum absolute atomic E-state index is 0.0439. The number of carbonyl (C=O) groups is 1. The zero-order valence-corrected chi connectivity index (χ0v) is 8.94. The van der Waals surface area contributed by atoms with Crippen molar-refractivity contribution >= 4 is 5.91 Å². The Hall–Kier alpha value is -1.35. The van der Waals surface area contributed by atoms with E-state index in [1.807, 2.05) is 30.0 Å². The number of hydrogen-bond donors (Lipinski definition) is 1. The van der Waals surface area contributed by atoms with E-state index in [9.17, 15) is 4.79 Å². The predicted octanol–water partition coefficient (Wildman–Crippen LogP) is 1.09. The number of amides is 1. The Bertz CT molecular complexity index is 376. The van der Waals surface area contributed by atoms with Crippen molar-refractivity contribution in [1.82, 2.24) is 4.90 Å². The maximum Gasteiger partial charge on any atom is 0.244 e. The highest BCUT2D eigenvalue weighted by Gasteiger charge is 2.26. The van der Waals surface area contributed by atoms with Crippen LogP contribution in [-0.2, 0) is 11.2 Å². The molecule has 0 fully saturated rings. The second kappa shape index (κ2) is 4.03. The van der Waals surface area contributed by atoms with Crippen LogP contribution in [0.2, 0.25) is 0 Å². The molecule has 0 bridgehead atoms. The number of rotatable bonds is 1. The van der Waals surface area contributed by atoms with Gasteiger partial charge in [0, 0.05) is 13.1 Å². The number of carbonyl (C=O) groups excluding carboxylic acids is 1. The Kier molecular flexibility index (Phi) is 2.73. The van der Waals surface area contributed by atoms with Crippen LogP contribution in [-0.4, -0.2) is 23.9 Å². The van der Waals surface area contributed by atoms with Gasteiger partial charge in [-0.05, 0) is 24.5 Å². The van der Waals surface area contributed by atoms with E-state index in [4.69, 9.17) is 5.73 Å². The molecule has 2 rings (SSSR count). The first-order chi connectivity index (χ1) is 7.24. The molecule has 1 aromatic rings. The molecule has 1 atom stereocenters. The third kappa shape index (κ3) is 1.75. The van der Waals surface area contributed by atoms with Crippen molar-refractivity contribution < 1.29 is 4.79 Å². The topological polar surface area (TPSA) is 46.3 Å². The van der Waals surface area contributed by atoms with Gasteiger partial charge in [-0.1, -0.05) is 24.3 Å². The monoisotopic (exact) mass is 204 g/mol. The maximum atomic E-state index is 11.9. The molecule has 1 heterocycles. The molecule has 1 aliphatic heterocycles. The molecule has 3 heteroatoms. The lowest BCUT2D eigenvalue weighted by Crippen LogP contribution is -2.37. The van der Waals surface area contributed by atoms with E-state index >= 15 is 0 Å². The Labute approximate surface area is 89.9 Å². The van der Waals surface area contributed by atoms with Crippen LogP contribution in [0.25, 0.3) is 0 Å². The van der Waals surface area contributed by atoms with E-state index in [2.05, 4.69) is 6.07 Å². The zero-order valence-electron chi connectivity index (χ0n) is 8.94. The quantitative estimate of drug-likeness (QED) is 0.744. The van der Waals surface area contributed by atoms with Crippen molar-refractivity contribution in [1.29, 1.82) is 0 Å². The highest BCUT2D eigenvalue weighted by atomic mass is 16.2. The van der Waals surface area contributed by atoms with E-state index in [0.29, 0.717) is 0 Å². The summed E-state index contributed by atoms with van der Waals surface area (Å²) in [6, 6.07) is 7.47. The van der Waals surface area contributed by atoms with Gasteiger partial charge >= 0.3 is 0 Å². The summed E-state index contributed by atoms with van der Waals surface area (Å²) >= 11 is 0. The molecule has 0 aliphatic carbocycles. The summed E-state index contributed by atoms with van der Waals surface area (Å²) < 4.78 is 0. The fraction of sp³-hybridized carbons (Fsp3) is 0.417. The first kappa shape index (κ1) is 10.2. The summed E-state index contributed by atoms with van der Waals surface area (Å²) in [4.78, 5) is 13.8. The van der Waals surface area contributed by atoms with Gasteiger partial charge in [0.2, 0.25) is 5.91 Å².